The number of aryl methyl sites for hydroxylation is 1. The monoisotopic (exact) mass is 306 g/mol. The minimum Gasteiger partial charge on any atom is -0.465 e. The number of esters is 1. The molecule has 106 valence electrons. The molecule has 0 aromatic carbocycles. The van der Waals surface area contributed by atoms with Crippen molar-refractivity contribution in [2.45, 2.75) is 11.8 Å². The molecule has 0 saturated heterocycles. The van der Waals surface area contributed by atoms with E-state index >= 15 is 0 Å². The predicted octanol–water partition coefficient (Wildman–Crippen LogP) is -0.133. The van der Waals surface area contributed by atoms with Gasteiger partial charge in [-0.1, -0.05) is 0 Å². The van der Waals surface area contributed by atoms with Gasteiger partial charge in [-0.05, 0) is 17.9 Å². The molecule has 9 heteroatoms. The number of sulfonamides is 1. The molecule has 1 heterocycles. The number of hydrogen-bond acceptors (Lipinski definition) is 6. The molecule has 7 nitrogen and oxygen atoms in total. The van der Waals surface area contributed by atoms with Gasteiger partial charge in [0.2, 0.25) is 15.9 Å². The van der Waals surface area contributed by atoms with E-state index in [0.717, 1.165) is 11.3 Å². The molecule has 0 fully saturated rings. The van der Waals surface area contributed by atoms with Crippen LogP contribution in [0.3, 0.4) is 0 Å². The molecule has 0 aliphatic carbocycles. The van der Waals surface area contributed by atoms with Gasteiger partial charge < -0.3 is 10.1 Å². The SMILES string of the molecule is CNC(=O)CNS(=O)(=O)c1c(C)csc1C(=O)OC. The largest absolute Gasteiger partial charge is 0.465 e. The maximum Gasteiger partial charge on any atom is 0.349 e. The highest BCUT2D eigenvalue weighted by Gasteiger charge is 2.27. The first-order valence-corrected chi connectivity index (χ1v) is 7.56. The topological polar surface area (TPSA) is 102 Å². The fraction of sp³-hybridized carbons (Fsp3) is 0.400. The fourth-order valence-corrected chi connectivity index (χ4v) is 4.01. The van der Waals surface area contributed by atoms with E-state index in [0.29, 0.717) is 5.56 Å². The highest BCUT2D eigenvalue weighted by atomic mass is 32.2. The van der Waals surface area contributed by atoms with Crippen LogP contribution in [0.15, 0.2) is 10.3 Å². The number of thiophene rings is 1. The summed E-state index contributed by atoms with van der Waals surface area (Å²) in [4.78, 5) is 22.4. The lowest BCUT2D eigenvalue weighted by molar-refractivity contribution is -0.119. The van der Waals surface area contributed by atoms with Crippen molar-refractivity contribution in [2.24, 2.45) is 0 Å². The van der Waals surface area contributed by atoms with Crippen LogP contribution in [0.2, 0.25) is 0 Å². The van der Waals surface area contributed by atoms with Gasteiger partial charge in [0.15, 0.2) is 0 Å². The molecule has 0 saturated carbocycles. The molecule has 0 atom stereocenters. The number of hydrogen-bond donors (Lipinski definition) is 2. The van der Waals surface area contributed by atoms with Crippen LogP contribution in [-0.2, 0) is 19.6 Å². The molecule has 2 N–H and O–H groups in total. The minimum absolute atomic E-state index is 0.00981. The number of carbonyl (C=O) groups is 2. The van der Waals surface area contributed by atoms with E-state index in [2.05, 4.69) is 14.8 Å². The van der Waals surface area contributed by atoms with Crippen molar-refractivity contribution in [3.63, 3.8) is 0 Å². The molecule has 1 aromatic heterocycles. The molecule has 19 heavy (non-hydrogen) atoms. The van der Waals surface area contributed by atoms with Crippen molar-refractivity contribution >= 4 is 33.2 Å². The zero-order chi connectivity index (χ0) is 14.6. The average Bonchev–Trinajstić information content (AvgIpc) is 2.77. The summed E-state index contributed by atoms with van der Waals surface area (Å²) in [6.45, 7) is 1.17. The highest BCUT2D eigenvalue weighted by Crippen LogP contribution is 2.27. The van der Waals surface area contributed by atoms with Crippen LogP contribution in [0.1, 0.15) is 15.2 Å². The number of amides is 1. The summed E-state index contributed by atoms with van der Waals surface area (Å²) < 4.78 is 30.8. The smallest absolute Gasteiger partial charge is 0.349 e. The van der Waals surface area contributed by atoms with Crippen LogP contribution in [0.5, 0.6) is 0 Å². The Hall–Kier alpha value is -1.45. The summed E-state index contributed by atoms with van der Waals surface area (Å²) in [5.74, 6) is -1.20. The average molecular weight is 306 g/mol. The zero-order valence-electron chi connectivity index (χ0n) is 10.6. The van der Waals surface area contributed by atoms with Crippen LogP contribution in [-0.4, -0.2) is 41.0 Å². The van der Waals surface area contributed by atoms with Crippen molar-refractivity contribution in [2.75, 3.05) is 20.7 Å². The molecule has 0 aliphatic rings. The summed E-state index contributed by atoms with van der Waals surface area (Å²) in [5.41, 5.74) is 0.426. The summed E-state index contributed by atoms with van der Waals surface area (Å²) in [7, 11) is -1.37. The van der Waals surface area contributed by atoms with E-state index in [4.69, 9.17) is 0 Å². The Bertz CT molecular complexity index is 591. The first kappa shape index (κ1) is 15.6. The van der Waals surface area contributed by atoms with E-state index < -0.39 is 28.4 Å². The standard InChI is InChI=1S/C10H14N2O5S2/c1-6-5-18-8(10(14)17-3)9(6)19(15,16)12-4-7(13)11-2/h5,12H,4H2,1-3H3,(H,11,13). The third kappa shape index (κ3) is 3.52. The van der Waals surface area contributed by atoms with Gasteiger partial charge >= 0.3 is 5.97 Å². The van der Waals surface area contributed by atoms with Gasteiger partial charge in [0.1, 0.15) is 9.77 Å². The maximum absolute atomic E-state index is 12.1. The second kappa shape index (κ2) is 6.13. The van der Waals surface area contributed by atoms with E-state index in [1.54, 1.807) is 12.3 Å². The van der Waals surface area contributed by atoms with Crippen LogP contribution < -0.4 is 10.0 Å². The van der Waals surface area contributed by atoms with E-state index in [9.17, 15) is 18.0 Å². The van der Waals surface area contributed by atoms with Crippen LogP contribution >= 0.6 is 11.3 Å². The van der Waals surface area contributed by atoms with Gasteiger partial charge in [0, 0.05) is 7.05 Å². The lowest BCUT2D eigenvalue weighted by atomic mass is 10.3. The Morgan fingerprint density at radius 1 is 1.42 bits per heavy atom. The van der Waals surface area contributed by atoms with Crippen LogP contribution in [0.4, 0.5) is 0 Å². The Kier molecular flexibility index (Phi) is 5.04. The predicted molar refractivity (Wildman–Crippen MR) is 69.7 cm³/mol. The van der Waals surface area contributed by atoms with Crippen molar-refractivity contribution in [1.29, 1.82) is 0 Å². The van der Waals surface area contributed by atoms with Gasteiger partial charge in [0.25, 0.3) is 0 Å². The lowest BCUT2D eigenvalue weighted by Gasteiger charge is -2.07. The van der Waals surface area contributed by atoms with Gasteiger partial charge in [-0.2, -0.15) is 0 Å². The molecule has 0 bridgehead atoms. The highest BCUT2D eigenvalue weighted by molar-refractivity contribution is 7.89. The second-order valence-corrected chi connectivity index (χ2v) is 6.15. The van der Waals surface area contributed by atoms with Gasteiger partial charge in [-0.3, -0.25) is 4.79 Å². The Balaban J connectivity index is 3.11. The van der Waals surface area contributed by atoms with Crippen molar-refractivity contribution in [1.82, 2.24) is 10.0 Å². The molecule has 1 amide bonds. The number of likely N-dealkylation sites (N-methyl/N-ethyl adjacent to an activating group) is 1. The first-order chi connectivity index (χ1) is 8.83. The normalized spacial score (nSPS) is 11.1. The number of ether oxygens (including phenoxy) is 1. The third-order valence-corrected chi connectivity index (χ3v) is 5.05. The molecule has 0 aliphatic heterocycles. The number of carbonyl (C=O) groups excluding carboxylic acids is 2. The first-order valence-electron chi connectivity index (χ1n) is 5.20. The van der Waals surface area contributed by atoms with Gasteiger partial charge in [0.05, 0.1) is 13.7 Å². The Morgan fingerprint density at radius 3 is 2.58 bits per heavy atom. The Labute approximate surface area is 115 Å². The quantitative estimate of drug-likeness (QED) is 0.738. The number of methoxy groups -OCH3 is 1. The molecule has 1 rings (SSSR count). The summed E-state index contributed by atoms with van der Waals surface area (Å²) in [5, 5.41) is 3.83. The summed E-state index contributed by atoms with van der Waals surface area (Å²) >= 11 is 0.981. The molecular weight excluding hydrogens is 292 g/mol. The van der Waals surface area contributed by atoms with Crippen molar-refractivity contribution in [3.8, 4) is 0 Å². The zero-order valence-corrected chi connectivity index (χ0v) is 12.3. The van der Waals surface area contributed by atoms with Crippen molar-refractivity contribution < 1.29 is 22.7 Å². The molecule has 0 spiro atoms. The van der Waals surface area contributed by atoms with Crippen LogP contribution in [0, 0.1) is 6.92 Å². The lowest BCUT2D eigenvalue weighted by Crippen LogP contribution is -2.35. The molecular formula is C10H14N2O5S2. The van der Waals surface area contributed by atoms with E-state index in [1.807, 2.05) is 0 Å². The summed E-state index contributed by atoms with van der Waals surface area (Å²) in [6, 6.07) is 0. The minimum atomic E-state index is -3.94. The van der Waals surface area contributed by atoms with Crippen molar-refractivity contribution in [3.05, 3.63) is 15.8 Å². The maximum atomic E-state index is 12.1. The molecule has 0 radical (unpaired) electrons. The molecule has 0 unspecified atom stereocenters. The van der Waals surface area contributed by atoms with Gasteiger partial charge in [-0.15, -0.1) is 11.3 Å². The Morgan fingerprint density at radius 2 is 2.05 bits per heavy atom. The van der Waals surface area contributed by atoms with Crippen LogP contribution in [0.25, 0.3) is 0 Å². The number of nitrogens with one attached hydrogen (secondary N) is 2. The second-order valence-electron chi connectivity index (χ2n) is 3.57. The van der Waals surface area contributed by atoms with Gasteiger partial charge in [-0.25, -0.2) is 17.9 Å². The van der Waals surface area contributed by atoms with E-state index in [-0.39, 0.29) is 9.77 Å². The third-order valence-electron chi connectivity index (χ3n) is 2.26. The molecule has 1 aromatic rings. The van der Waals surface area contributed by atoms with E-state index in [1.165, 1.54) is 14.2 Å². The summed E-state index contributed by atoms with van der Waals surface area (Å²) in [6.07, 6.45) is 0. The fourth-order valence-electron chi connectivity index (χ4n) is 1.32. The number of rotatable bonds is 5.